The zero-order valence-corrected chi connectivity index (χ0v) is 16.0. The second kappa shape index (κ2) is 9.16. The number of carbonyl (C=O) groups is 1. The normalized spacial score (nSPS) is 16.5. The van der Waals surface area contributed by atoms with Crippen LogP contribution in [0.3, 0.4) is 0 Å². The molecule has 1 unspecified atom stereocenters. The van der Waals surface area contributed by atoms with Crippen molar-refractivity contribution >= 4 is 46.0 Å². The molecular weight excluding hydrogens is 384 g/mol. The van der Waals surface area contributed by atoms with Gasteiger partial charge in [-0.2, -0.15) is 0 Å². The summed E-state index contributed by atoms with van der Waals surface area (Å²) in [4.78, 5) is 13.3. The van der Waals surface area contributed by atoms with Crippen molar-refractivity contribution in [2.45, 2.75) is 43.0 Å². The number of thioether (sulfide) groups is 1. The Hall–Kier alpha value is -0.230. The summed E-state index contributed by atoms with van der Waals surface area (Å²) < 4.78 is 1.09. The fourth-order valence-corrected chi connectivity index (χ4v) is 3.49. The van der Waals surface area contributed by atoms with Gasteiger partial charge in [-0.15, -0.1) is 24.2 Å². The standard InChI is InChI=1S/C16H23BrN2OS.ClH/c1-16(11-18,12-4-5-12)19-15(20)3-2-10-21-14-8-6-13(17)7-9-14;/h6-9,12H,2-5,10-11,18H2,1H3,(H,19,20);1H. The average molecular weight is 408 g/mol. The Bertz CT molecular complexity index is 482. The van der Waals surface area contributed by atoms with E-state index in [9.17, 15) is 4.79 Å². The highest BCUT2D eigenvalue weighted by Gasteiger charge is 2.41. The second-order valence-corrected chi connectivity index (χ2v) is 7.93. The van der Waals surface area contributed by atoms with Crippen molar-refractivity contribution < 1.29 is 4.79 Å². The summed E-state index contributed by atoms with van der Waals surface area (Å²) in [6, 6.07) is 8.26. The molecule has 1 atom stereocenters. The van der Waals surface area contributed by atoms with Gasteiger partial charge in [-0.25, -0.2) is 0 Å². The van der Waals surface area contributed by atoms with Gasteiger partial charge in [0.05, 0.1) is 5.54 Å². The highest BCUT2D eigenvalue weighted by atomic mass is 79.9. The van der Waals surface area contributed by atoms with Crippen LogP contribution in [0.1, 0.15) is 32.6 Å². The smallest absolute Gasteiger partial charge is 0.220 e. The largest absolute Gasteiger partial charge is 0.349 e. The fourth-order valence-electron chi connectivity index (χ4n) is 2.37. The third-order valence-corrected chi connectivity index (χ3v) is 5.58. The first-order valence-corrected chi connectivity index (χ1v) is 9.21. The minimum Gasteiger partial charge on any atom is -0.349 e. The summed E-state index contributed by atoms with van der Waals surface area (Å²) in [5.41, 5.74) is 5.62. The van der Waals surface area contributed by atoms with Gasteiger partial charge in [-0.05, 0) is 62.1 Å². The highest BCUT2D eigenvalue weighted by molar-refractivity contribution is 9.10. The van der Waals surface area contributed by atoms with Crippen LogP contribution < -0.4 is 11.1 Å². The summed E-state index contributed by atoms with van der Waals surface area (Å²) >= 11 is 5.21. The number of halogens is 2. The van der Waals surface area contributed by atoms with Crippen LogP contribution in [0.2, 0.25) is 0 Å². The number of nitrogens with one attached hydrogen (secondary N) is 1. The number of carbonyl (C=O) groups excluding carboxylic acids is 1. The topological polar surface area (TPSA) is 55.1 Å². The van der Waals surface area contributed by atoms with E-state index >= 15 is 0 Å². The van der Waals surface area contributed by atoms with Crippen molar-refractivity contribution in [2.24, 2.45) is 11.7 Å². The van der Waals surface area contributed by atoms with E-state index in [1.807, 2.05) is 12.1 Å². The summed E-state index contributed by atoms with van der Waals surface area (Å²) in [7, 11) is 0. The molecule has 0 heterocycles. The van der Waals surface area contributed by atoms with E-state index in [2.05, 4.69) is 40.3 Å². The third kappa shape index (κ3) is 6.11. The number of hydrogen-bond acceptors (Lipinski definition) is 3. The van der Waals surface area contributed by atoms with Gasteiger partial charge in [-0.3, -0.25) is 4.79 Å². The molecule has 0 radical (unpaired) electrons. The number of hydrogen-bond donors (Lipinski definition) is 2. The predicted molar refractivity (Wildman–Crippen MR) is 99.7 cm³/mol. The Morgan fingerprint density at radius 3 is 2.59 bits per heavy atom. The number of benzene rings is 1. The monoisotopic (exact) mass is 406 g/mol. The van der Waals surface area contributed by atoms with Crippen LogP contribution >= 0.6 is 40.1 Å². The Morgan fingerprint density at radius 1 is 1.41 bits per heavy atom. The maximum atomic E-state index is 12.0. The zero-order chi connectivity index (χ0) is 15.3. The molecule has 0 aromatic heterocycles. The molecule has 124 valence electrons. The molecule has 1 fully saturated rings. The molecule has 1 amide bonds. The van der Waals surface area contributed by atoms with E-state index < -0.39 is 0 Å². The van der Waals surface area contributed by atoms with Crippen LogP contribution in [0.5, 0.6) is 0 Å². The summed E-state index contributed by atoms with van der Waals surface area (Å²) in [6.07, 6.45) is 3.84. The highest BCUT2D eigenvalue weighted by Crippen LogP contribution is 2.39. The van der Waals surface area contributed by atoms with Gasteiger partial charge >= 0.3 is 0 Å². The van der Waals surface area contributed by atoms with Crippen LogP contribution in [0.4, 0.5) is 0 Å². The Kier molecular flexibility index (Phi) is 8.25. The SMILES string of the molecule is CC(CN)(NC(=O)CCCSc1ccc(Br)cc1)C1CC1.Cl. The van der Waals surface area contributed by atoms with Crippen molar-refractivity contribution in [2.75, 3.05) is 12.3 Å². The lowest BCUT2D eigenvalue weighted by atomic mass is 9.95. The van der Waals surface area contributed by atoms with Gasteiger partial charge in [0.25, 0.3) is 0 Å². The second-order valence-electron chi connectivity index (χ2n) is 5.85. The van der Waals surface area contributed by atoms with E-state index in [4.69, 9.17) is 5.73 Å². The predicted octanol–water partition coefficient (Wildman–Crippen LogP) is 3.99. The van der Waals surface area contributed by atoms with Crippen molar-refractivity contribution in [1.29, 1.82) is 0 Å². The molecule has 1 aromatic rings. The van der Waals surface area contributed by atoms with E-state index in [-0.39, 0.29) is 23.9 Å². The zero-order valence-electron chi connectivity index (χ0n) is 12.8. The molecule has 0 aliphatic heterocycles. The van der Waals surface area contributed by atoms with Crippen LogP contribution in [0.25, 0.3) is 0 Å². The molecule has 1 saturated carbocycles. The number of nitrogens with two attached hydrogens (primary N) is 1. The number of rotatable bonds is 8. The molecule has 0 spiro atoms. The minimum absolute atomic E-state index is 0. The van der Waals surface area contributed by atoms with Crippen LogP contribution in [0, 0.1) is 5.92 Å². The first-order valence-electron chi connectivity index (χ1n) is 7.43. The van der Waals surface area contributed by atoms with Gasteiger partial charge in [0.1, 0.15) is 0 Å². The molecule has 6 heteroatoms. The molecular formula is C16H24BrClN2OS. The maximum absolute atomic E-state index is 12.0. The molecule has 0 saturated heterocycles. The number of amides is 1. The molecule has 3 N–H and O–H groups in total. The van der Waals surface area contributed by atoms with Gasteiger partial charge < -0.3 is 11.1 Å². The lowest BCUT2D eigenvalue weighted by Crippen LogP contribution is -2.53. The molecule has 1 aliphatic rings. The maximum Gasteiger partial charge on any atom is 0.220 e. The van der Waals surface area contributed by atoms with Gasteiger partial charge in [0.2, 0.25) is 5.91 Å². The van der Waals surface area contributed by atoms with Crippen molar-refractivity contribution in [3.8, 4) is 0 Å². The molecule has 1 aliphatic carbocycles. The Morgan fingerprint density at radius 2 is 2.05 bits per heavy atom. The summed E-state index contributed by atoms with van der Waals surface area (Å²) in [6.45, 7) is 2.59. The summed E-state index contributed by atoms with van der Waals surface area (Å²) in [5.74, 6) is 1.66. The van der Waals surface area contributed by atoms with Crippen LogP contribution in [-0.4, -0.2) is 23.7 Å². The molecule has 2 rings (SSSR count). The minimum atomic E-state index is -0.198. The van der Waals surface area contributed by atoms with Gasteiger partial charge in [0, 0.05) is 22.3 Å². The first-order chi connectivity index (χ1) is 10.0. The molecule has 1 aromatic carbocycles. The summed E-state index contributed by atoms with van der Waals surface area (Å²) in [5, 5.41) is 3.13. The Balaban J connectivity index is 0.00000242. The average Bonchev–Trinajstić information content (AvgIpc) is 3.30. The van der Waals surface area contributed by atoms with E-state index in [1.54, 1.807) is 11.8 Å². The van der Waals surface area contributed by atoms with Crippen LogP contribution in [0.15, 0.2) is 33.6 Å². The first kappa shape index (κ1) is 19.8. The van der Waals surface area contributed by atoms with E-state index in [0.717, 1.165) is 16.6 Å². The Labute approximate surface area is 151 Å². The van der Waals surface area contributed by atoms with Crippen LogP contribution in [-0.2, 0) is 4.79 Å². The lowest BCUT2D eigenvalue weighted by Gasteiger charge is -2.29. The fraction of sp³-hybridized carbons (Fsp3) is 0.562. The third-order valence-electron chi connectivity index (χ3n) is 3.96. The lowest BCUT2D eigenvalue weighted by molar-refractivity contribution is -0.123. The molecule has 0 bridgehead atoms. The van der Waals surface area contributed by atoms with Gasteiger partial charge in [-0.1, -0.05) is 15.9 Å². The molecule has 3 nitrogen and oxygen atoms in total. The quantitative estimate of drug-likeness (QED) is 0.506. The van der Waals surface area contributed by atoms with Crippen molar-refractivity contribution in [1.82, 2.24) is 5.32 Å². The van der Waals surface area contributed by atoms with Gasteiger partial charge in [0.15, 0.2) is 0 Å². The van der Waals surface area contributed by atoms with Crippen molar-refractivity contribution in [3.63, 3.8) is 0 Å². The van der Waals surface area contributed by atoms with E-state index in [0.29, 0.717) is 18.9 Å². The molecule has 22 heavy (non-hydrogen) atoms. The van der Waals surface area contributed by atoms with Crippen molar-refractivity contribution in [3.05, 3.63) is 28.7 Å². The van der Waals surface area contributed by atoms with E-state index in [1.165, 1.54) is 17.7 Å².